The first-order chi connectivity index (χ1) is 12.0. The standard InChI is InChI=1S/C18H22FNO5/c1-2-8-25-12-15(16(21)22)20-17(23)18(6-9-24-10-7-18)13-4-3-5-14(19)11-13/h2-5,11,15H,1,6-10,12H2,(H,20,23)(H,21,22). The molecule has 1 aromatic carbocycles. The first-order valence-electron chi connectivity index (χ1n) is 8.06. The molecule has 0 aromatic heterocycles. The Morgan fingerprint density at radius 2 is 2.16 bits per heavy atom. The Balaban J connectivity index is 2.23. The molecule has 6 nitrogen and oxygen atoms in total. The van der Waals surface area contributed by atoms with Crippen LogP contribution in [0.5, 0.6) is 0 Å². The highest BCUT2D eigenvalue weighted by atomic mass is 19.1. The Bertz CT molecular complexity index is 628. The highest BCUT2D eigenvalue weighted by molar-refractivity contribution is 5.91. The summed E-state index contributed by atoms with van der Waals surface area (Å²) in [5, 5.41) is 11.8. The molecule has 2 N–H and O–H groups in total. The van der Waals surface area contributed by atoms with Crippen LogP contribution in [-0.4, -0.2) is 49.5 Å². The van der Waals surface area contributed by atoms with E-state index in [1.807, 2.05) is 0 Å². The van der Waals surface area contributed by atoms with E-state index in [2.05, 4.69) is 11.9 Å². The highest BCUT2D eigenvalue weighted by Crippen LogP contribution is 2.35. The number of carbonyl (C=O) groups is 2. The summed E-state index contributed by atoms with van der Waals surface area (Å²) in [4.78, 5) is 24.4. The lowest BCUT2D eigenvalue weighted by atomic mass is 9.73. The monoisotopic (exact) mass is 351 g/mol. The van der Waals surface area contributed by atoms with E-state index in [1.165, 1.54) is 24.3 Å². The summed E-state index contributed by atoms with van der Waals surface area (Å²) in [6.45, 7) is 4.18. The Hall–Kier alpha value is -2.25. The molecule has 0 spiro atoms. The van der Waals surface area contributed by atoms with Gasteiger partial charge in [0.15, 0.2) is 6.04 Å². The zero-order chi connectivity index (χ0) is 18.3. The molecule has 1 unspecified atom stereocenters. The number of carbonyl (C=O) groups excluding carboxylic acids is 1. The molecular formula is C18H22FNO5. The van der Waals surface area contributed by atoms with Crippen molar-refractivity contribution in [1.82, 2.24) is 5.32 Å². The van der Waals surface area contributed by atoms with E-state index >= 15 is 0 Å². The minimum atomic E-state index is -1.20. The average Bonchev–Trinajstić information content (AvgIpc) is 2.61. The van der Waals surface area contributed by atoms with Crippen molar-refractivity contribution in [2.24, 2.45) is 0 Å². The molecule has 7 heteroatoms. The number of rotatable bonds is 8. The van der Waals surface area contributed by atoms with Crippen molar-refractivity contribution in [3.63, 3.8) is 0 Å². The van der Waals surface area contributed by atoms with Crippen molar-refractivity contribution in [3.05, 3.63) is 48.3 Å². The SMILES string of the molecule is C=CCOCC(NC(=O)C1(c2cccc(F)c2)CCOCC1)C(=O)O. The van der Waals surface area contributed by atoms with Crippen LogP contribution in [0.2, 0.25) is 0 Å². The van der Waals surface area contributed by atoms with E-state index in [9.17, 15) is 19.1 Å². The van der Waals surface area contributed by atoms with Gasteiger partial charge in [0, 0.05) is 13.2 Å². The Morgan fingerprint density at radius 3 is 2.76 bits per heavy atom. The molecule has 0 radical (unpaired) electrons. The molecule has 2 rings (SSSR count). The molecule has 1 aliphatic heterocycles. The summed E-state index contributed by atoms with van der Waals surface area (Å²) in [6.07, 6.45) is 2.19. The lowest BCUT2D eigenvalue weighted by Gasteiger charge is -2.37. The topological polar surface area (TPSA) is 84.9 Å². The van der Waals surface area contributed by atoms with Crippen molar-refractivity contribution >= 4 is 11.9 Å². The molecule has 136 valence electrons. The van der Waals surface area contributed by atoms with Gasteiger partial charge in [0.05, 0.1) is 18.6 Å². The van der Waals surface area contributed by atoms with Gasteiger partial charge in [-0.25, -0.2) is 9.18 Å². The van der Waals surface area contributed by atoms with Gasteiger partial charge in [-0.05, 0) is 30.5 Å². The predicted octanol–water partition coefficient (Wildman–Crippen LogP) is 1.65. The molecule has 1 saturated heterocycles. The van der Waals surface area contributed by atoms with Crippen LogP contribution in [0.4, 0.5) is 4.39 Å². The average molecular weight is 351 g/mol. The van der Waals surface area contributed by atoms with E-state index in [-0.39, 0.29) is 13.2 Å². The van der Waals surface area contributed by atoms with Crippen molar-refractivity contribution in [1.29, 1.82) is 0 Å². The van der Waals surface area contributed by atoms with Crippen LogP contribution >= 0.6 is 0 Å². The fourth-order valence-corrected chi connectivity index (χ4v) is 2.89. The number of carboxylic acids is 1. The minimum Gasteiger partial charge on any atom is -0.480 e. The molecule has 1 aliphatic rings. The van der Waals surface area contributed by atoms with E-state index in [0.717, 1.165) is 0 Å². The molecule has 25 heavy (non-hydrogen) atoms. The van der Waals surface area contributed by atoms with Gasteiger partial charge in [0.25, 0.3) is 0 Å². The number of ether oxygens (including phenoxy) is 2. The van der Waals surface area contributed by atoms with Gasteiger partial charge >= 0.3 is 5.97 Å². The first-order valence-corrected chi connectivity index (χ1v) is 8.06. The number of hydrogen-bond acceptors (Lipinski definition) is 4. The van der Waals surface area contributed by atoms with Gasteiger partial charge in [-0.1, -0.05) is 18.2 Å². The molecule has 0 bridgehead atoms. The summed E-state index contributed by atoms with van der Waals surface area (Å²) in [5.74, 6) is -2.10. The van der Waals surface area contributed by atoms with Crippen LogP contribution in [0.15, 0.2) is 36.9 Å². The number of halogens is 1. The summed E-state index contributed by atoms with van der Waals surface area (Å²) in [6, 6.07) is 4.64. The third kappa shape index (κ3) is 4.64. The Kier molecular flexibility index (Phi) is 6.66. The number of benzene rings is 1. The molecule has 1 amide bonds. The van der Waals surface area contributed by atoms with Gasteiger partial charge in [-0.3, -0.25) is 4.79 Å². The highest BCUT2D eigenvalue weighted by Gasteiger charge is 2.43. The third-order valence-corrected chi connectivity index (χ3v) is 4.28. The quantitative estimate of drug-likeness (QED) is 0.549. The van der Waals surface area contributed by atoms with Crippen LogP contribution in [0.3, 0.4) is 0 Å². The van der Waals surface area contributed by atoms with Crippen LogP contribution in [-0.2, 0) is 24.5 Å². The second-order valence-electron chi connectivity index (χ2n) is 5.90. The number of carboxylic acid groups (broad SMARTS) is 1. The van der Waals surface area contributed by atoms with Gasteiger partial charge in [-0.15, -0.1) is 6.58 Å². The van der Waals surface area contributed by atoms with Gasteiger partial charge < -0.3 is 19.9 Å². The lowest BCUT2D eigenvalue weighted by molar-refractivity contribution is -0.145. The molecule has 1 fully saturated rings. The van der Waals surface area contributed by atoms with Gasteiger partial charge in [0.2, 0.25) is 5.91 Å². The second-order valence-corrected chi connectivity index (χ2v) is 5.90. The summed E-state index contributed by atoms with van der Waals surface area (Å²) in [7, 11) is 0. The fourth-order valence-electron chi connectivity index (χ4n) is 2.89. The summed E-state index contributed by atoms with van der Waals surface area (Å²) < 4.78 is 24.2. The van der Waals surface area contributed by atoms with Crippen molar-refractivity contribution in [3.8, 4) is 0 Å². The summed E-state index contributed by atoms with van der Waals surface area (Å²) >= 11 is 0. The van der Waals surface area contributed by atoms with E-state index in [4.69, 9.17) is 9.47 Å². The largest absolute Gasteiger partial charge is 0.480 e. The van der Waals surface area contributed by atoms with E-state index < -0.39 is 29.2 Å². The molecule has 0 aliphatic carbocycles. The second kappa shape index (κ2) is 8.73. The van der Waals surface area contributed by atoms with Gasteiger partial charge in [-0.2, -0.15) is 0 Å². The zero-order valence-corrected chi connectivity index (χ0v) is 13.9. The molecular weight excluding hydrogens is 329 g/mol. The maximum absolute atomic E-state index is 13.7. The minimum absolute atomic E-state index is 0.178. The van der Waals surface area contributed by atoms with Crippen LogP contribution < -0.4 is 5.32 Å². The molecule has 1 atom stereocenters. The first kappa shape index (κ1) is 19.1. The van der Waals surface area contributed by atoms with Crippen molar-refractivity contribution in [2.45, 2.75) is 24.3 Å². The molecule has 0 saturated carbocycles. The number of aliphatic carboxylic acids is 1. The number of amides is 1. The van der Waals surface area contributed by atoms with Crippen LogP contribution in [0.1, 0.15) is 18.4 Å². The normalized spacial score (nSPS) is 17.5. The van der Waals surface area contributed by atoms with Crippen LogP contribution in [0.25, 0.3) is 0 Å². The van der Waals surface area contributed by atoms with E-state index in [1.54, 1.807) is 6.07 Å². The van der Waals surface area contributed by atoms with Crippen molar-refractivity contribution < 1.29 is 28.6 Å². The maximum atomic E-state index is 13.7. The van der Waals surface area contributed by atoms with Crippen LogP contribution in [0, 0.1) is 5.82 Å². The Labute approximate surface area is 145 Å². The molecule has 1 heterocycles. The van der Waals surface area contributed by atoms with Gasteiger partial charge in [0.1, 0.15) is 5.82 Å². The number of nitrogens with one attached hydrogen (secondary N) is 1. The third-order valence-electron chi connectivity index (χ3n) is 4.28. The maximum Gasteiger partial charge on any atom is 0.328 e. The predicted molar refractivity (Wildman–Crippen MR) is 88.7 cm³/mol. The van der Waals surface area contributed by atoms with E-state index in [0.29, 0.717) is 31.6 Å². The number of hydrogen-bond donors (Lipinski definition) is 2. The molecule has 1 aromatic rings. The zero-order valence-electron chi connectivity index (χ0n) is 13.9. The smallest absolute Gasteiger partial charge is 0.328 e. The summed E-state index contributed by atoms with van der Waals surface area (Å²) in [5.41, 5.74) is -0.503. The Morgan fingerprint density at radius 1 is 1.44 bits per heavy atom. The lowest BCUT2D eigenvalue weighted by Crippen LogP contribution is -2.54. The fraction of sp³-hybridized carbons (Fsp3) is 0.444. The van der Waals surface area contributed by atoms with Crippen molar-refractivity contribution in [2.75, 3.05) is 26.4 Å².